The fourth-order valence-electron chi connectivity index (χ4n) is 1.88. The first-order valence-corrected chi connectivity index (χ1v) is 8.23. The summed E-state index contributed by atoms with van der Waals surface area (Å²) in [6.07, 6.45) is 1.02. The van der Waals surface area contributed by atoms with E-state index in [4.69, 9.17) is 5.73 Å². The molecular weight excluding hydrogens is 258 g/mol. The smallest absolute Gasteiger partial charge is 0.0459 e. The second-order valence-electron chi connectivity index (χ2n) is 4.35. The number of nitrogens with two attached hydrogens (primary N) is 1. The summed E-state index contributed by atoms with van der Waals surface area (Å²) in [7, 11) is 0. The monoisotopic (exact) mass is 277 g/mol. The molecule has 2 atom stereocenters. The number of thioether (sulfide) groups is 1. The molecule has 1 heterocycles. The van der Waals surface area contributed by atoms with E-state index in [1.807, 2.05) is 11.8 Å². The standard InChI is InChI=1S/C15H19NS2/c1-2-14(16)15(13-8-9-17-11-13)18-10-12-6-4-3-5-7-12/h3-9,11,14-15H,2,10,16H2,1H3. The van der Waals surface area contributed by atoms with E-state index in [1.54, 1.807) is 11.3 Å². The summed E-state index contributed by atoms with van der Waals surface area (Å²) in [5.74, 6) is 1.02. The summed E-state index contributed by atoms with van der Waals surface area (Å²) in [5.41, 5.74) is 8.99. The number of thiophene rings is 1. The summed E-state index contributed by atoms with van der Waals surface area (Å²) in [5, 5.41) is 4.76. The number of rotatable bonds is 6. The third-order valence-electron chi connectivity index (χ3n) is 3.00. The third kappa shape index (κ3) is 3.61. The highest BCUT2D eigenvalue weighted by molar-refractivity contribution is 7.98. The van der Waals surface area contributed by atoms with E-state index < -0.39 is 0 Å². The van der Waals surface area contributed by atoms with Gasteiger partial charge >= 0.3 is 0 Å². The van der Waals surface area contributed by atoms with E-state index in [9.17, 15) is 0 Å². The second-order valence-corrected chi connectivity index (χ2v) is 6.26. The first-order valence-electron chi connectivity index (χ1n) is 6.24. The Kier molecular flexibility index (Phi) is 5.29. The van der Waals surface area contributed by atoms with Crippen LogP contribution < -0.4 is 5.73 Å². The van der Waals surface area contributed by atoms with Gasteiger partial charge in [-0.3, -0.25) is 0 Å². The van der Waals surface area contributed by atoms with Crippen molar-refractivity contribution < 1.29 is 0 Å². The van der Waals surface area contributed by atoms with Gasteiger partial charge in [-0.15, -0.1) is 11.8 Å². The molecule has 2 aromatic rings. The SMILES string of the molecule is CCC(N)C(SCc1ccccc1)c1ccsc1. The predicted octanol–water partition coefficient (Wildman–Crippen LogP) is 4.46. The Balaban J connectivity index is 2.02. The fraction of sp³-hybridized carbons (Fsp3) is 0.333. The van der Waals surface area contributed by atoms with E-state index in [-0.39, 0.29) is 6.04 Å². The zero-order valence-corrected chi connectivity index (χ0v) is 12.2. The minimum atomic E-state index is 0.230. The molecule has 0 fully saturated rings. The van der Waals surface area contributed by atoms with Gasteiger partial charge in [-0.2, -0.15) is 11.3 Å². The molecule has 1 nitrogen and oxygen atoms in total. The summed E-state index contributed by atoms with van der Waals surface area (Å²) >= 11 is 3.70. The van der Waals surface area contributed by atoms with Crippen molar-refractivity contribution >= 4 is 23.1 Å². The van der Waals surface area contributed by atoms with Gasteiger partial charge in [-0.05, 0) is 34.4 Å². The topological polar surface area (TPSA) is 26.0 Å². The first-order chi connectivity index (χ1) is 8.81. The molecule has 2 rings (SSSR count). The van der Waals surface area contributed by atoms with Gasteiger partial charge < -0.3 is 5.73 Å². The summed E-state index contributed by atoms with van der Waals surface area (Å²) in [6.45, 7) is 2.16. The van der Waals surface area contributed by atoms with Crippen molar-refractivity contribution in [2.75, 3.05) is 0 Å². The minimum absolute atomic E-state index is 0.230. The largest absolute Gasteiger partial charge is 0.326 e. The lowest BCUT2D eigenvalue weighted by Gasteiger charge is -2.21. The Bertz CT molecular complexity index is 439. The second kappa shape index (κ2) is 6.98. The lowest BCUT2D eigenvalue weighted by atomic mass is 10.1. The summed E-state index contributed by atoms with van der Waals surface area (Å²) < 4.78 is 0. The molecular formula is C15H19NS2. The van der Waals surface area contributed by atoms with Crippen LogP contribution in [0.5, 0.6) is 0 Å². The molecule has 1 aromatic heterocycles. The quantitative estimate of drug-likeness (QED) is 0.843. The Hall–Kier alpha value is -0.770. The fourth-order valence-corrected chi connectivity index (χ4v) is 4.00. The molecule has 0 amide bonds. The van der Waals surface area contributed by atoms with Crippen LogP contribution in [0.25, 0.3) is 0 Å². The van der Waals surface area contributed by atoms with Gasteiger partial charge in [-0.1, -0.05) is 37.3 Å². The molecule has 96 valence electrons. The van der Waals surface area contributed by atoms with Crippen LogP contribution in [0.15, 0.2) is 47.2 Å². The maximum absolute atomic E-state index is 6.26. The summed E-state index contributed by atoms with van der Waals surface area (Å²) in [6, 6.07) is 13.0. The van der Waals surface area contributed by atoms with Gasteiger partial charge in [0.25, 0.3) is 0 Å². The van der Waals surface area contributed by atoms with Crippen molar-refractivity contribution in [1.29, 1.82) is 0 Å². The van der Waals surface area contributed by atoms with Gasteiger partial charge in [0.1, 0.15) is 0 Å². The van der Waals surface area contributed by atoms with Crippen LogP contribution >= 0.6 is 23.1 Å². The van der Waals surface area contributed by atoms with Gasteiger partial charge in [0, 0.05) is 17.0 Å². The molecule has 3 heteroatoms. The molecule has 0 saturated carbocycles. The lowest BCUT2D eigenvalue weighted by molar-refractivity contribution is 0.635. The van der Waals surface area contributed by atoms with Crippen molar-refractivity contribution in [2.24, 2.45) is 5.73 Å². The normalized spacial score (nSPS) is 14.3. The molecule has 18 heavy (non-hydrogen) atoms. The highest BCUT2D eigenvalue weighted by atomic mass is 32.2. The van der Waals surface area contributed by atoms with E-state index in [1.165, 1.54) is 11.1 Å². The molecule has 0 spiro atoms. The van der Waals surface area contributed by atoms with E-state index in [0.717, 1.165) is 12.2 Å². The molecule has 0 saturated heterocycles. The van der Waals surface area contributed by atoms with Crippen LogP contribution in [0, 0.1) is 0 Å². The van der Waals surface area contributed by atoms with E-state index in [0.29, 0.717) is 5.25 Å². The van der Waals surface area contributed by atoms with Gasteiger partial charge in [0.05, 0.1) is 0 Å². The zero-order valence-electron chi connectivity index (χ0n) is 10.6. The Morgan fingerprint density at radius 3 is 2.61 bits per heavy atom. The van der Waals surface area contributed by atoms with Crippen LogP contribution in [0.3, 0.4) is 0 Å². The van der Waals surface area contributed by atoms with Crippen molar-refractivity contribution in [2.45, 2.75) is 30.4 Å². The van der Waals surface area contributed by atoms with E-state index >= 15 is 0 Å². The van der Waals surface area contributed by atoms with Gasteiger partial charge in [-0.25, -0.2) is 0 Å². The van der Waals surface area contributed by atoms with Crippen LogP contribution in [-0.4, -0.2) is 6.04 Å². The molecule has 0 radical (unpaired) electrons. The Labute approximate surface area is 117 Å². The highest BCUT2D eigenvalue weighted by Gasteiger charge is 2.19. The minimum Gasteiger partial charge on any atom is -0.326 e. The average Bonchev–Trinajstić information content (AvgIpc) is 2.94. The van der Waals surface area contributed by atoms with Gasteiger partial charge in [0.15, 0.2) is 0 Å². The summed E-state index contributed by atoms with van der Waals surface area (Å²) in [4.78, 5) is 0. The predicted molar refractivity (Wildman–Crippen MR) is 83.1 cm³/mol. The average molecular weight is 277 g/mol. The van der Waals surface area contributed by atoms with Crippen molar-refractivity contribution in [3.05, 3.63) is 58.3 Å². The molecule has 2 unspecified atom stereocenters. The van der Waals surface area contributed by atoms with E-state index in [2.05, 4.69) is 54.1 Å². The number of hydrogen-bond acceptors (Lipinski definition) is 3. The van der Waals surface area contributed by atoms with Crippen molar-refractivity contribution in [3.8, 4) is 0 Å². The Morgan fingerprint density at radius 1 is 1.22 bits per heavy atom. The zero-order chi connectivity index (χ0) is 12.8. The first kappa shape index (κ1) is 13.7. The van der Waals surface area contributed by atoms with Crippen LogP contribution in [0.2, 0.25) is 0 Å². The van der Waals surface area contributed by atoms with Crippen LogP contribution in [0.4, 0.5) is 0 Å². The number of hydrogen-bond donors (Lipinski definition) is 1. The molecule has 0 aliphatic rings. The van der Waals surface area contributed by atoms with Crippen molar-refractivity contribution in [1.82, 2.24) is 0 Å². The van der Waals surface area contributed by atoms with Crippen molar-refractivity contribution in [3.63, 3.8) is 0 Å². The Morgan fingerprint density at radius 2 is 2.00 bits per heavy atom. The van der Waals surface area contributed by atoms with Crippen LogP contribution in [0.1, 0.15) is 29.7 Å². The maximum Gasteiger partial charge on any atom is 0.0459 e. The third-order valence-corrected chi connectivity index (χ3v) is 5.19. The number of benzene rings is 1. The highest BCUT2D eigenvalue weighted by Crippen LogP contribution is 2.35. The molecule has 0 aliphatic carbocycles. The molecule has 0 aliphatic heterocycles. The lowest BCUT2D eigenvalue weighted by Crippen LogP contribution is -2.25. The maximum atomic E-state index is 6.26. The van der Waals surface area contributed by atoms with Gasteiger partial charge in [0.2, 0.25) is 0 Å². The molecule has 0 bridgehead atoms. The molecule has 1 aromatic carbocycles. The molecule has 2 N–H and O–H groups in total. The van der Waals surface area contributed by atoms with Crippen LogP contribution in [-0.2, 0) is 5.75 Å².